The summed E-state index contributed by atoms with van der Waals surface area (Å²) >= 11 is -0.144. The molecule has 0 aromatic heterocycles. The highest BCUT2D eigenvalue weighted by Crippen LogP contribution is 2.40. The lowest BCUT2D eigenvalue weighted by Crippen LogP contribution is -2.33. The number of rotatable bonds is 4. The second kappa shape index (κ2) is 8.61. The first-order chi connectivity index (χ1) is 14.7. The van der Waals surface area contributed by atoms with Crippen LogP contribution in [0.25, 0.3) is 6.08 Å². The number of hydrogen-bond acceptors (Lipinski definition) is 4. The molecular formula is C24H24F3NO2S. The summed E-state index contributed by atoms with van der Waals surface area (Å²) in [4.78, 5) is 15.4. The number of carbonyl (C=O) groups excluding carboxylic acids is 1. The number of ketones is 1. The SMILES string of the molecule is COc1cc2c(cc1N1CCC(C)CC1)CC(=Cc1ccc(SC(F)(F)F)cc1)C2=O. The van der Waals surface area contributed by atoms with Crippen LogP contribution in [0.15, 0.2) is 46.9 Å². The molecule has 0 N–H and O–H groups in total. The largest absolute Gasteiger partial charge is 0.495 e. The fraction of sp³-hybridized carbons (Fsp3) is 0.375. The van der Waals surface area contributed by atoms with Gasteiger partial charge in [-0.3, -0.25) is 4.79 Å². The summed E-state index contributed by atoms with van der Waals surface area (Å²) in [7, 11) is 1.62. The van der Waals surface area contributed by atoms with Crippen LogP contribution in [0.4, 0.5) is 18.9 Å². The molecule has 2 aliphatic rings. The first kappa shape index (κ1) is 21.8. The van der Waals surface area contributed by atoms with Crippen LogP contribution in [0.2, 0.25) is 0 Å². The monoisotopic (exact) mass is 447 g/mol. The molecule has 0 amide bonds. The van der Waals surface area contributed by atoms with Crippen molar-refractivity contribution in [3.8, 4) is 5.75 Å². The molecule has 0 atom stereocenters. The smallest absolute Gasteiger partial charge is 0.446 e. The van der Waals surface area contributed by atoms with Gasteiger partial charge in [0.05, 0.1) is 12.8 Å². The van der Waals surface area contributed by atoms with E-state index < -0.39 is 5.51 Å². The highest BCUT2D eigenvalue weighted by molar-refractivity contribution is 8.00. The van der Waals surface area contributed by atoms with Crippen molar-refractivity contribution in [2.75, 3.05) is 25.1 Å². The summed E-state index contributed by atoms with van der Waals surface area (Å²) in [5.74, 6) is 1.37. The van der Waals surface area contributed by atoms with Gasteiger partial charge < -0.3 is 9.64 Å². The maximum atomic E-state index is 13.0. The quantitative estimate of drug-likeness (QED) is 0.403. The molecule has 7 heteroatoms. The van der Waals surface area contributed by atoms with E-state index in [-0.39, 0.29) is 22.4 Å². The number of Topliss-reactive ketones (excluding diaryl/α,β-unsaturated/α-hetero) is 1. The lowest BCUT2D eigenvalue weighted by Gasteiger charge is -2.33. The number of fused-ring (bicyclic) bond motifs is 1. The summed E-state index contributed by atoms with van der Waals surface area (Å²) < 4.78 is 43.1. The van der Waals surface area contributed by atoms with E-state index in [4.69, 9.17) is 4.74 Å². The number of ether oxygens (including phenoxy) is 1. The zero-order chi connectivity index (χ0) is 22.2. The number of nitrogens with zero attached hydrogens (tertiary/aromatic N) is 1. The van der Waals surface area contributed by atoms with Crippen LogP contribution in [0, 0.1) is 5.92 Å². The van der Waals surface area contributed by atoms with Crippen LogP contribution in [0.3, 0.4) is 0 Å². The molecule has 0 spiro atoms. The van der Waals surface area contributed by atoms with Gasteiger partial charge in [0.1, 0.15) is 5.75 Å². The van der Waals surface area contributed by atoms with Crippen molar-refractivity contribution in [2.24, 2.45) is 5.92 Å². The molecule has 1 saturated heterocycles. The number of alkyl halides is 3. The molecule has 3 nitrogen and oxygen atoms in total. The standard InChI is InChI=1S/C24H24F3NO2S/c1-15-7-9-28(10-8-15)21-13-17-12-18(23(29)20(17)14-22(21)30-2)11-16-3-5-19(6-4-16)31-24(25,26)27/h3-6,11,13-15H,7-10,12H2,1-2H3. The summed E-state index contributed by atoms with van der Waals surface area (Å²) in [5.41, 5.74) is -0.337. The molecule has 1 aliphatic heterocycles. The van der Waals surface area contributed by atoms with Gasteiger partial charge in [-0.25, -0.2) is 0 Å². The fourth-order valence-electron chi connectivity index (χ4n) is 4.17. The number of halogens is 3. The minimum atomic E-state index is -4.31. The third-order valence-electron chi connectivity index (χ3n) is 5.90. The molecule has 164 valence electrons. The van der Waals surface area contributed by atoms with Gasteiger partial charge in [-0.05, 0) is 72.0 Å². The van der Waals surface area contributed by atoms with Crippen LogP contribution in [0.1, 0.15) is 41.3 Å². The Bertz CT molecular complexity index is 1010. The Morgan fingerprint density at radius 3 is 2.42 bits per heavy atom. The van der Waals surface area contributed by atoms with Crippen LogP contribution >= 0.6 is 11.8 Å². The summed E-state index contributed by atoms with van der Waals surface area (Å²) in [5, 5.41) is 0. The molecule has 2 aromatic carbocycles. The molecule has 0 bridgehead atoms. The van der Waals surface area contributed by atoms with Crippen molar-refractivity contribution in [3.63, 3.8) is 0 Å². The molecule has 1 aliphatic carbocycles. The van der Waals surface area contributed by atoms with Crippen LogP contribution in [-0.4, -0.2) is 31.5 Å². The van der Waals surface area contributed by atoms with Crippen LogP contribution < -0.4 is 9.64 Å². The predicted molar refractivity (Wildman–Crippen MR) is 118 cm³/mol. The minimum Gasteiger partial charge on any atom is -0.495 e. The van der Waals surface area contributed by atoms with E-state index in [0.29, 0.717) is 34.8 Å². The lowest BCUT2D eigenvalue weighted by atomic mass is 9.98. The van der Waals surface area contributed by atoms with Crippen molar-refractivity contribution in [2.45, 2.75) is 36.6 Å². The number of carbonyl (C=O) groups is 1. The average molecular weight is 448 g/mol. The van der Waals surface area contributed by atoms with Crippen molar-refractivity contribution in [3.05, 3.63) is 58.7 Å². The number of hydrogen-bond donors (Lipinski definition) is 0. The van der Waals surface area contributed by atoms with Gasteiger partial charge in [0.15, 0.2) is 5.78 Å². The van der Waals surface area contributed by atoms with E-state index in [1.54, 1.807) is 25.3 Å². The molecule has 2 aromatic rings. The highest BCUT2D eigenvalue weighted by Gasteiger charge is 2.30. The van der Waals surface area contributed by atoms with Gasteiger partial charge in [0, 0.05) is 35.5 Å². The summed E-state index contributed by atoms with van der Waals surface area (Å²) in [6, 6.07) is 9.96. The first-order valence-electron chi connectivity index (χ1n) is 10.3. The molecule has 1 fully saturated rings. The number of benzene rings is 2. The van der Waals surface area contributed by atoms with Gasteiger partial charge in [-0.1, -0.05) is 19.1 Å². The molecule has 4 rings (SSSR count). The van der Waals surface area contributed by atoms with E-state index in [9.17, 15) is 18.0 Å². The Balaban J connectivity index is 1.57. The Morgan fingerprint density at radius 1 is 1.13 bits per heavy atom. The maximum Gasteiger partial charge on any atom is 0.446 e. The first-order valence-corrected chi connectivity index (χ1v) is 11.1. The Morgan fingerprint density at radius 2 is 1.81 bits per heavy atom. The van der Waals surface area contributed by atoms with E-state index in [1.165, 1.54) is 12.1 Å². The molecular weight excluding hydrogens is 423 g/mol. The number of allylic oxidation sites excluding steroid dienone is 1. The normalized spacial score (nSPS) is 18.5. The number of methoxy groups -OCH3 is 1. The minimum absolute atomic E-state index is 0.0548. The topological polar surface area (TPSA) is 29.5 Å². The molecule has 0 unspecified atom stereocenters. The van der Waals surface area contributed by atoms with Crippen molar-refractivity contribution in [1.82, 2.24) is 0 Å². The van der Waals surface area contributed by atoms with Crippen molar-refractivity contribution in [1.29, 1.82) is 0 Å². The van der Waals surface area contributed by atoms with Crippen molar-refractivity contribution >= 4 is 29.3 Å². The van der Waals surface area contributed by atoms with E-state index in [2.05, 4.69) is 17.9 Å². The highest BCUT2D eigenvalue weighted by atomic mass is 32.2. The third-order valence-corrected chi connectivity index (χ3v) is 6.64. The number of piperidine rings is 1. The Kier molecular flexibility index (Phi) is 6.06. The maximum absolute atomic E-state index is 13.0. The second-order valence-corrected chi connectivity index (χ2v) is 9.28. The van der Waals surface area contributed by atoms with E-state index in [0.717, 1.165) is 37.2 Å². The molecule has 31 heavy (non-hydrogen) atoms. The summed E-state index contributed by atoms with van der Waals surface area (Å²) in [6.45, 7) is 4.20. The van der Waals surface area contributed by atoms with Crippen molar-refractivity contribution < 1.29 is 22.7 Å². The Hall–Kier alpha value is -2.41. The molecule has 0 radical (unpaired) electrons. The zero-order valence-corrected chi connectivity index (χ0v) is 18.3. The van der Waals surface area contributed by atoms with Gasteiger partial charge >= 0.3 is 5.51 Å². The average Bonchev–Trinajstić information content (AvgIpc) is 3.02. The van der Waals surface area contributed by atoms with E-state index in [1.807, 2.05) is 6.07 Å². The van der Waals surface area contributed by atoms with E-state index >= 15 is 0 Å². The number of thioether (sulfide) groups is 1. The predicted octanol–water partition coefficient (Wildman–Crippen LogP) is 6.37. The molecule has 0 saturated carbocycles. The molecule has 1 heterocycles. The second-order valence-electron chi connectivity index (χ2n) is 8.14. The van der Waals surface area contributed by atoms with Gasteiger partial charge in [-0.2, -0.15) is 13.2 Å². The zero-order valence-electron chi connectivity index (χ0n) is 17.5. The third kappa shape index (κ3) is 4.92. The lowest BCUT2D eigenvalue weighted by molar-refractivity contribution is -0.0328. The van der Waals surface area contributed by atoms with Gasteiger partial charge in [0.2, 0.25) is 0 Å². The van der Waals surface area contributed by atoms with Crippen LogP contribution in [-0.2, 0) is 6.42 Å². The van der Waals surface area contributed by atoms with Crippen LogP contribution in [0.5, 0.6) is 5.75 Å². The van der Waals surface area contributed by atoms with Gasteiger partial charge in [-0.15, -0.1) is 0 Å². The Labute approximate surface area is 184 Å². The van der Waals surface area contributed by atoms with Gasteiger partial charge in [0.25, 0.3) is 0 Å². The summed E-state index contributed by atoms with van der Waals surface area (Å²) in [6.07, 6.45) is 4.54. The fourth-order valence-corrected chi connectivity index (χ4v) is 4.71. The number of anilines is 1.